The maximum atomic E-state index is 14.5. The van der Waals surface area contributed by atoms with Crippen LogP contribution in [0.25, 0.3) is 0 Å². The van der Waals surface area contributed by atoms with Crippen molar-refractivity contribution in [2.24, 2.45) is 0 Å². The van der Waals surface area contributed by atoms with Crippen molar-refractivity contribution in [2.75, 3.05) is 24.8 Å². The lowest BCUT2D eigenvalue weighted by molar-refractivity contribution is -0.0738. The first-order chi connectivity index (χ1) is 16.1. The summed E-state index contributed by atoms with van der Waals surface area (Å²) in [5.74, 6) is 0.621. The monoisotopic (exact) mass is 506 g/mol. The molecule has 2 bridgehead atoms. The number of aromatic nitrogens is 2. The maximum Gasteiger partial charge on any atom is 0.282 e. The average molecular weight is 507 g/mol. The number of fused-ring (bicyclic) bond motifs is 2. The molecule has 0 aliphatic carbocycles. The lowest BCUT2D eigenvalue weighted by Crippen LogP contribution is -2.60. The van der Waals surface area contributed by atoms with Gasteiger partial charge in [0.25, 0.3) is 5.24 Å². The number of ether oxygens (including phenoxy) is 2. The Morgan fingerprint density at radius 2 is 1.94 bits per heavy atom. The summed E-state index contributed by atoms with van der Waals surface area (Å²) in [5.41, 5.74) is 1.06. The highest BCUT2D eigenvalue weighted by Gasteiger charge is 2.43. The van der Waals surface area contributed by atoms with Crippen LogP contribution in [0.4, 0.5) is 20.7 Å². The number of anilines is 2. The van der Waals surface area contributed by atoms with Crippen LogP contribution in [0.3, 0.4) is 0 Å². The molecular formula is C24H31FN4O3S2. The lowest BCUT2D eigenvalue weighted by Gasteiger charge is -2.48. The van der Waals surface area contributed by atoms with Crippen molar-refractivity contribution >= 4 is 40.3 Å². The molecule has 7 nitrogen and oxygen atoms in total. The second-order valence-electron chi connectivity index (χ2n) is 9.57. The van der Waals surface area contributed by atoms with Gasteiger partial charge in [-0.3, -0.25) is 4.79 Å². The average Bonchev–Trinajstić information content (AvgIpc) is 2.76. The molecular weight excluding hydrogens is 475 g/mol. The zero-order chi connectivity index (χ0) is 24.5. The molecule has 1 aromatic carbocycles. The Bertz CT molecular complexity index is 1040. The lowest BCUT2D eigenvalue weighted by atomic mass is 9.92. The molecule has 2 aliphatic rings. The highest BCUT2D eigenvalue weighted by atomic mass is 32.2. The molecule has 2 fully saturated rings. The first-order valence-electron chi connectivity index (χ1n) is 11.3. The molecule has 2 saturated heterocycles. The van der Waals surface area contributed by atoms with Crippen LogP contribution in [0.5, 0.6) is 5.88 Å². The largest absolute Gasteiger partial charge is 0.474 e. The van der Waals surface area contributed by atoms with Crippen LogP contribution < -0.4 is 10.1 Å². The minimum Gasteiger partial charge on any atom is -0.474 e. The van der Waals surface area contributed by atoms with Gasteiger partial charge in [0.15, 0.2) is 0 Å². The molecule has 1 N–H and O–H groups in total. The summed E-state index contributed by atoms with van der Waals surface area (Å²) in [4.78, 5) is 24.4. The highest BCUT2D eigenvalue weighted by Crippen LogP contribution is 2.36. The predicted molar refractivity (Wildman–Crippen MR) is 135 cm³/mol. The third kappa shape index (κ3) is 5.78. The van der Waals surface area contributed by atoms with Crippen LogP contribution >= 0.6 is 23.5 Å². The second-order valence-corrected chi connectivity index (χ2v) is 12.2. The van der Waals surface area contributed by atoms with Crippen LogP contribution in [0.2, 0.25) is 0 Å². The van der Waals surface area contributed by atoms with E-state index in [1.165, 1.54) is 35.9 Å². The molecule has 34 heavy (non-hydrogen) atoms. The fourth-order valence-electron chi connectivity index (χ4n) is 4.26. The number of hydrogen-bond acceptors (Lipinski definition) is 8. The molecule has 2 aliphatic heterocycles. The molecule has 3 heterocycles. The van der Waals surface area contributed by atoms with Crippen LogP contribution in [0, 0.1) is 12.7 Å². The van der Waals surface area contributed by atoms with Crippen LogP contribution in [0.1, 0.15) is 39.2 Å². The number of nitrogens with one attached hydrogen (secondary N) is 1. The van der Waals surface area contributed by atoms with Crippen molar-refractivity contribution in [3.63, 3.8) is 0 Å². The summed E-state index contributed by atoms with van der Waals surface area (Å²) in [7, 11) is 0. The van der Waals surface area contributed by atoms with E-state index in [1.807, 2.05) is 44.9 Å². The van der Waals surface area contributed by atoms with E-state index in [0.717, 1.165) is 4.90 Å². The molecule has 2 aromatic rings. The summed E-state index contributed by atoms with van der Waals surface area (Å²) >= 11 is 2.85. The Morgan fingerprint density at radius 1 is 1.24 bits per heavy atom. The van der Waals surface area contributed by atoms with Gasteiger partial charge in [-0.05, 0) is 31.4 Å². The predicted octanol–water partition coefficient (Wildman–Crippen LogP) is 5.65. The zero-order valence-electron chi connectivity index (χ0n) is 20.1. The van der Waals surface area contributed by atoms with Crippen molar-refractivity contribution in [3.8, 4) is 5.88 Å². The topological polar surface area (TPSA) is 76.6 Å². The molecule has 0 spiro atoms. The van der Waals surface area contributed by atoms with Gasteiger partial charge in [-0.2, -0.15) is 0 Å². The zero-order valence-corrected chi connectivity index (χ0v) is 21.8. The third-order valence-corrected chi connectivity index (χ3v) is 7.55. The van der Waals surface area contributed by atoms with Crippen LogP contribution in [-0.4, -0.2) is 62.5 Å². The van der Waals surface area contributed by atoms with E-state index in [-0.39, 0.29) is 34.0 Å². The molecule has 2 unspecified atom stereocenters. The van der Waals surface area contributed by atoms with Crippen molar-refractivity contribution in [2.45, 2.75) is 68.4 Å². The molecule has 1 aromatic heterocycles. The fourth-order valence-corrected chi connectivity index (χ4v) is 5.62. The Balaban J connectivity index is 1.46. The fraction of sp³-hybridized carbons (Fsp3) is 0.542. The first-order valence-corrected chi connectivity index (χ1v) is 13.4. The van der Waals surface area contributed by atoms with Crippen molar-refractivity contribution in [3.05, 3.63) is 35.9 Å². The van der Waals surface area contributed by atoms with E-state index in [0.29, 0.717) is 49.0 Å². The van der Waals surface area contributed by atoms with E-state index in [9.17, 15) is 9.18 Å². The normalized spacial score (nSPS) is 22.4. The molecule has 184 valence electrons. The first kappa shape index (κ1) is 25.1. The number of carbonyl (C=O) groups is 1. The van der Waals surface area contributed by atoms with Gasteiger partial charge in [-0.1, -0.05) is 32.5 Å². The van der Waals surface area contributed by atoms with Gasteiger partial charge in [-0.25, -0.2) is 14.4 Å². The Kier molecular flexibility index (Phi) is 7.59. The van der Waals surface area contributed by atoms with Crippen LogP contribution in [0.15, 0.2) is 29.4 Å². The maximum absolute atomic E-state index is 14.5. The number of rotatable bonds is 5. The van der Waals surface area contributed by atoms with Gasteiger partial charge in [-0.15, -0.1) is 11.8 Å². The molecule has 2 atom stereocenters. The number of amides is 1. The summed E-state index contributed by atoms with van der Waals surface area (Å²) < 4.78 is 26.4. The van der Waals surface area contributed by atoms with Gasteiger partial charge in [0.05, 0.1) is 36.5 Å². The summed E-state index contributed by atoms with van der Waals surface area (Å²) in [6.45, 7) is 9.01. The minimum absolute atomic E-state index is 0.0244. The smallest absolute Gasteiger partial charge is 0.282 e. The van der Waals surface area contributed by atoms with E-state index >= 15 is 0 Å². The van der Waals surface area contributed by atoms with E-state index in [2.05, 4.69) is 15.3 Å². The van der Waals surface area contributed by atoms with Gasteiger partial charge >= 0.3 is 0 Å². The number of benzene rings is 1. The van der Waals surface area contributed by atoms with Crippen molar-refractivity contribution in [1.29, 1.82) is 0 Å². The quantitative estimate of drug-likeness (QED) is 0.521. The van der Waals surface area contributed by atoms with E-state index < -0.39 is 0 Å². The number of morpholine rings is 1. The van der Waals surface area contributed by atoms with Crippen LogP contribution in [-0.2, 0) is 4.74 Å². The standard InChI is InChI=1S/C24H31FN4O3S2/c1-14-21(28-20-7-6-18(33-5)10-19(20)25)26-13-27-22(14)32-17-8-15-11-31-12-16(9-17)29(15)23(30)34-24(2,3)4/h6-7,10,13,15-17H,8-9,11-12H2,1-5H3,(H,26,27,28). The third-order valence-electron chi connectivity index (χ3n) is 5.83. The summed E-state index contributed by atoms with van der Waals surface area (Å²) in [6, 6.07) is 5.01. The number of halogens is 1. The number of carbonyl (C=O) groups excluding carboxylic acids is 1. The SMILES string of the molecule is CSc1ccc(Nc2ncnc(OC3CC4COCC(C3)N4C(=O)SC(C)(C)C)c2C)c(F)c1. The minimum atomic E-state index is -0.342. The molecule has 0 saturated carbocycles. The van der Waals surface area contributed by atoms with Crippen molar-refractivity contribution < 1.29 is 18.7 Å². The Hall–Kier alpha value is -2.04. The van der Waals surface area contributed by atoms with Gasteiger partial charge < -0.3 is 19.7 Å². The molecule has 4 rings (SSSR count). The van der Waals surface area contributed by atoms with Gasteiger partial charge in [0.1, 0.15) is 24.1 Å². The number of piperidine rings is 1. The van der Waals surface area contributed by atoms with Gasteiger partial charge in [0.2, 0.25) is 5.88 Å². The number of thioether (sulfide) groups is 2. The Labute approximate surface area is 208 Å². The Morgan fingerprint density at radius 3 is 2.56 bits per heavy atom. The molecule has 0 radical (unpaired) electrons. The van der Waals surface area contributed by atoms with Crippen molar-refractivity contribution in [1.82, 2.24) is 14.9 Å². The van der Waals surface area contributed by atoms with Gasteiger partial charge in [0, 0.05) is 22.5 Å². The van der Waals surface area contributed by atoms with E-state index in [1.54, 1.807) is 6.07 Å². The summed E-state index contributed by atoms with van der Waals surface area (Å²) in [6.07, 6.45) is 4.57. The second kappa shape index (κ2) is 10.3. The highest BCUT2D eigenvalue weighted by molar-refractivity contribution is 8.14. The summed E-state index contributed by atoms with van der Waals surface area (Å²) in [5, 5.41) is 3.16. The number of nitrogens with zero attached hydrogens (tertiary/aromatic N) is 3. The molecule has 10 heteroatoms. The molecule has 1 amide bonds. The van der Waals surface area contributed by atoms with E-state index in [4.69, 9.17) is 9.47 Å². The number of hydrogen-bond donors (Lipinski definition) is 1.